The summed E-state index contributed by atoms with van der Waals surface area (Å²) in [6, 6.07) is 5.56. The van der Waals surface area contributed by atoms with E-state index in [4.69, 9.17) is 20.9 Å². The van der Waals surface area contributed by atoms with Gasteiger partial charge in [0.1, 0.15) is 11.5 Å². The van der Waals surface area contributed by atoms with Gasteiger partial charge in [0, 0.05) is 5.56 Å². The molecule has 0 unspecified atom stereocenters. The zero-order valence-corrected chi connectivity index (χ0v) is 11.5. The Labute approximate surface area is 113 Å². The summed E-state index contributed by atoms with van der Waals surface area (Å²) in [5.74, 6) is 1.39. The smallest absolute Gasteiger partial charge is 0.211 e. The van der Waals surface area contributed by atoms with Crippen LogP contribution in [0.25, 0.3) is 0 Å². The maximum absolute atomic E-state index is 5.55. The predicted molar refractivity (Wildman–Crippen MR) is 76.8 cm³/mol. The second-order valence-corrected chi connectivity index (χ2v) is 3.73. The molecule has 6 heteroatoms. The van der Waals surface area contributed by atoms with Crippen LogP contribution >= 0.6 is 0 Å². The number of hydrogen-bond donors (Lipinski definition) is 2. The lowest BCUT2D eigenvalue weighted by molar-refractivity contribution is 0.330. The minimum Gasteiger partial charge on any atom is -0.494 e. The second kappa shape index (κ2) is 7.25. The Morgan fingerprint density at radius 1 is 1.11 bits per heavy atom. The standard InChI is InChI=1S/C13H20N4O2/c1-4-18-10-6-7-12(19-5-2)11(8-10)9(3)16-17-13(14)15/h6-8H,4-5H2,1-3H3,(H4,14,15,17)/b16-9-. The first-order chi connectivity index (χ1) is 9.08. The van der Waals surface area contributed by atoms with Crippen LogP contribution in [0, 0.1) is 0 Å². The molecule has 1 aromatic rings. The molecule has 0 amide bonds. The molecule has 1 rings (SSSR count). The number of nitrogens with zero attached hydrogens (tertiary/aromatic N) is 2. The van der Waals surface area contributed by atoms with Gasteiger partial charge in [-0.3, -0.25) is 0 Å². The van der Waals surface area contributed by atoms with E-state index < -0.39 is 0 Å². The monoisotopic (exact) mass is 264 g/mol. The van der Waals surface area contributed by atoms with Gasteiger partial charge in [-0.15, -0.1) is 5.10 Å². The maximum Gasteiger partial charge on any atom is 0.211 e. The predicted octanol–water partition coefficient (Wildman–Crippen LogP) is 1.48. The third-order valence-electron chi connectivity index (χ3n) is 2.27. The van der Waals surface area contributed by atoms with Crippen LogP contribution in [0.15, 0.2) is 28.4 Å². The van der Waals surface area contributed by atoms with E-state index in [1.165, 1.54) is 0 Å². The molecule has 4 N–H and O–H groups in total. The van der Waals surface area contributed by atoms with Gasteiger partial charge in [0.15, 0.2) is 0 Å². The van der Waals surface area contributed by atoms with Gasteiger partial charge in [0.25, 0.3) is 0 Å². The van der Waals surface area contributed by atoms with Crippen molar-refractivity contribution in [2.45, 2.75) is 20.8 Å². The van der Waals surface area contributed by atoms with Crippen molar-refractivity contribution in [2.75, 3.05) is 13.2 Å². The third kappa shape index (κ3) is 4.50. The molecule has 0 atom stereocenters. The first kappa shape index (κ1) is 14.8. The van der Waals surface area contributed by atoms with Crippen LogP contribution in [0.1, 0.15) is 26.3 Å². The number of guanidine groups is 1. The molecule has 0 radical (unpaired) electrons. The maximum atomic E-state index is 5.55. The van der Waals surface area contributed by atoms with E-state index >= 15 is 0 Å². The van der Waals surface area contributed by atoms with Crippen molar-refractivity contribution in [3.8, 4) is 11.5 Å². The van der Waals surface area contributed by atoms with Gasteiger partial charge in [-0.25, -0.2) is 0 Å². The van der Waals surface area contributed by atoms with Crippen molar-refractivity contribution in [1.82, 2.24) is 0 Å². The van der Waals surface area contributed by atoms with E-state index in [-0.39, 0.29) is 5.96 Å². The van der Waals surface area contributed by atoms with E-state index in [2.05, 4.69) is 10.2 Å². The summed E-state index contributed by atoms with van der Waals surface area (Å²) in [6.45, 7) is 6.81. The minimum absolute atomic E-state index is 0.0849. The van der Waals surface area contributed by atoms with Gasteiger partial charge in [-0.1, -0.05) is 0 Å². The number of nitrogens with two attached hydrogens (primary N) is 2. The molecule has 0 bridgehead atoms. The van der Waals surface area contributed by atoms with Crippen LogP contribution < -0.4 is 20.9 Å². The molecule has 0 aliphatic heterocycles. The van der Waals surface area contributed by atoms with Crippen LogP contribution in [-0.4, -0.2) is 24.9 Å². The van der Waals surface area contributed by atoms with Gasteiger partial charge in [-0.2, -0.15) is 5.10 Å². The van der Waals surface area contributed by atoms with Crippen molar-refractivity contribution >= 4 is 11.7 Å². The van der Waals surface area contributed by atoms with Crippen LogP contribution in [0.2, 0.25) is 0 Å². The lowest BCUT2D eigenvalue weighted by Crippen LogP contribution is -2.22. The van der Waals surface area contributed by atoms with Crippen molar-refractivity contribution < 1.29 is 9.47 Å². The van der Waals surface area contributed by atoms with Crippen LogP contribution in [0.3, 0.4) is 0 Å². The molecule has 19 heavy (non-hydrogen) atoms. The molecule has 0 heterocycles. The van der Waals surface area contributed by atoms with E-state index in [1.54, 1.807) is 6.92 Å². The molecule has 0 aliphatic carbocycles. The first-order valence-corrected chi connectivity index (χ1v) is 6.11. The van der Waals surface area contributed by atoms with Gasteiger partial charge in [0.05, 0.1) is 18.9 Å². The Kier molecular flexibility index (Phi) is 5.66. The van der Waals surface area contributed by atoms with E-state index in [9.17, 15) is 0 Å². The Balaban J connectivity index is 3.15. The Hall–Kier alpha value is -2.24. The molecule has 0 aromatic heterocycles. The fourth-order valence-electron chi connectivity index (χ4n) is 1.52. The number of hydrogen-bond acceptors (Lipinski definition) is 4. The zero-order valence-electron chi connectivity index (χ0n) is 11.5. The molecular weight excluding hydrogens is 244 g/mol. The SMILES string of the molecule is CCOc1ccc(OCC)c(/C(C)=N\N=C(N)N)c1. The van der Waals surface area contributed by atoms with Gasteiger partial charge >= 0.3 is 0 Å². The number of ether oxygens (including phenoxy) is 2. The van der Waals surface area contributed by atoms with Crippen LogP contribution in [0.5, 0.6) is 11.5 Å². The van der Waals surface area contributed by atoms with E-state index in [0.29, 0.717) is 18.9 Å². The fourth-order valence-corrected chi connectivity index (χ4v) is 1.52. The number of benzene rings is 1. The molecule has 0 saturated carbocycles. The first-order valence-electron chi connectivity index (χ1n) is 6.11. The third-order valence-corrected chi connectivity index (χ3v) is 2.27. The summed E-state index contributed by atoms with van der Waals surface area (Å²) in [4.78, 5) is 0. The Bertz CT molecular complexity index is 480. The minimum atomic E-state index is -0.0849. The topological polar surface area (TPSA) is 95.2 Å². The number of rotatable bonds is 6. The summed E-state index contributed by atoms with van der Waals surface area (Å²) in [5.41, 5.74) is 12.0. The average molecular weight is 264 g/mol. The van der Waals surface area contributed by atoms with Crippen molar-refractivity contribution in [3.05, 3.63) is 23.8 Å². The fraction of sp³-hybridized carbons (Fsp3) is 0.385. The Morgan fingerprint density at radius 2 is 1.79 bits per heavy atom. The van der Waals surface area contributed by atoms with Gasteiger partial charge in [-0.05, 0) is 39.0 Å². The summed E-state index contributed by atoms with van der Waals surface area (Å²) in [6.07, 6.45) is 0. The largest absolute Gasteiger partial charge is 0.494 e. The van der Waals surface area contributed by atoms with E-state index in [0.717, 1.165) is 17.1 Å². The van der Waals surface area contributed by atoms with Crippen LogP contribution in [0.4, 0.5) is 0 Å². The highest BCUT2D eigenvalue weighted by Crippen LogP contribution is 2.25. The molecule has 0 fully saturated rings. The highest BCUT2D eigenvalue weighted by Gasteiger charge is 2.09. The summed E-state index contributed by atoms with van der Waals surface area (Å²) < 4.78 is 11.0. The molecule has 104 valence electrons. The summed E-state index contributed by atoms with van der Waals surface area (Å²) in [7, 11) is 0. The molecule has 1 aromatic carbocycles. The normalized spacial score (nSPS) is 11.0. The highest BCUT2D eigenvalue weighted by molar-refractivity contribution is 6.01. The molecule has 0 spiro atoms. The lowest BCUT2D eigenvalue weighted by atomic mass is 10.1. The van der Waals surface area contributed by atoms with Crippen LogP contribution in [-0.2, 0) is 0 Å². The van der Waals surface area contributed by atoms with Gasteiger partial charge < -0.3 is 20.9 Å². The van der Waals surface area contributed by atoms with Crippen molar-refractivity contribution in [3.63, 3.8) is 0 Å². The summed E-state index contributed by atoms with van der Waals surface area (Å²) in [5, 5.41) is 7.60. The molecular formula is C13H20N4O2. The molecule has 0 saturated heterocycles. The lowest BCUT2D eigenvalue weighted by Gasteiger charge is -2.11. The van der Waals surface area contributed by atoms with E-state index in [1.807, 2.05) is 32.0 Å². The molecule has 6 nitrogen and oxygen atoms in total. The van der Waals surface area contributed by atoms with Crippen molar-refractivity contribution in [2.24, 2.45) is 21.7 Å². The second-order valence-electron chi connectivity index (χ2n) is 3.73. The average Bonchev–Trinajstić information content (AvgIpc) is 2.38. The van der Waals surface area contributed by atoms with Crippen molar-refractivity contribution in [1.29, 1.82) is 0 Å². The van der Waals surface area contributed by atoms with Gasteiger partial charge in [0.2, 0.25) is 5.96 Å². The molecule has 0 aliphatic rings. The zero-order chi connectivity index (χ0) is 14.3. The Morgan fingerprint density at radius 3 is 2.37 bits per heavy atom. The quantitative estimate of drug-likeness (QED) is 0.462. The highest BCUT2D eigenvalue weighted by atomic mass is 16.5. The summed E-state index contributed by atoms with van der Waals surface area (Å²) >= 11 is 0.